The first-order valence-electron chi connectivity index (χ1n) is 6.08. The topological polar surface area (TPSA) is 73.4 Å². The second-order valence-electron chi connectivity index (χ2n) is 4.25. The van der Waals surface area contributed by atoms with Crippen LogP contribution in [0.15, 0.2) is 0 Å². The zero-order valence-corrected chi connectivity index (χ0v) is 11.6. The minimum Gasteiger partial charge on any atom is -0.396 e. The van der Waals surface area contributed by atoms with Gasteiger partial charge in [-0.05, 0) is 20.8 Å². The minimum absolute atomic E-state index is 0.000281. The maximum atomic E-state index is 11.9. The van der Waals surface area contributed by atoms with Crippen LogP contribution < -0.4 is 5.73 Å². The fraction of sp³-hybridized carbons (Fsp3) is 0.667. The summed E-state index contributed by atoms with van der Waals surface area (Å²) in [6.45, 7) is 7.65. The molecule has 0 aliphatic heterocycles. The maximum Gasteiger partial charge on any atom is 0.244 e. The molecule has 1 aromatic heterocycles. The molecule has 0 aromatic carbocycles. The van der Waals surface area contributed by atoms with Crippen molar-refractivity contribution in [3.05, 3.63) is 11.4 Å². The number of aryl methyl sites for hydroxylation is 1. The molecule has 1 heterocycles. The van der Waals surface area contributed by atoms with Crippen molar-refractivity contribution in [2.45, 2.75) is 27.3 Å². The van der Waals surface area contributed by atoms with Crippen molar-refractivity contribution in [1.29, 1.82) is 0 Å². The monoisotopic (exact) mass is 254 g/mol. The van der Waals surface area contributed by atoms with Crippen molar-refractivity contribution in [1.82, 2.24) is 14.7 Å². The second kappa shape index (κ2) is 6.39. The highest BCUT2D eigenvalue weighted by molar-refractivity contribution is 5.75. The zero-order chi connectivity index (χ0) is 13.7. The largest absolute Gasteiger partial charge is 0.396 e. The van der Waals surface area contributed by atoms with E-state index in [1.807, 2.05) is 20.8 Å². The van der Waals surface area contributed by atoms with Gasteiger partial charge in [-0.2, -0.15) is 5.10 Å². The van der Waals surface area contributed by atoms with Gasteiger partial charge in [-0.3, -0.25) is 9.48 Å². The third-order valence-corrected chi connectivity index (χ3v) is 2.92. The number of aromatic nitrogens is 2. The van der Waals surface area contributed by atoms with Crippen LogP contribution in [0.1, 0.15) is 18.3 Å². The van der Waals surface area contributed by atoms with E-state index in [9.17, 15) is 4.79 Å². The lowest BCUT2D eigenvalue weighted by molar-refractivity contribution is -0.131. The van der Waals surface area contributed by atoms with E-state index in [2.05, 4.69) is 5.10 Å². The Morgan fingerprint density at radius 1 is 1.50 bits per heavy atom. The summed E-state index contributed by atoms with van der Waals surface area (Å²) in [6, 6.07) is 0. The van der Waals surface area contributed by atoms with Gasteiger partial charge in [-0.1, -0.05) is 0 Å². The van der Waals surface area contributed by atoms with Gasteiger partial charge in [0.25, 0.3) is 0 Å². The highest BCUT2D eigenvalue weighted by atomic mass is 16.5. The van der Waals surface area contributed by atoms with Crippen molar-refractivity contribution in [3.63, 3.8) is 0 Å². The number of amides is 1. The van der Waals surface area contributed by atoms with E-state index in [-0.39, 0.29) is 12.5 Å². The Kier molecular flexibility index (Phi) is 5.15. The third kappa shape index (κ3) is 3.46. The molecule has 102 valence electrons. The zero-order valence-electron chi connectivity index (χ0n) is 11.6. The fourth-order valence-corrected chi connectivity index (χ4v) is 1.58. The first-order chi connectivity index (χ1) is 8.47. The number of anilines is 1. The fourth-order valence-electron chi connectivity index (χ4n) is 1.58. The van der Waals surface area contributed by atoms with E-state index in [1.165, 1.54) is 0 Å². The predicted octanol–water partition coefficient (Wildman–Crippen LogP) is 0.577. The van der Waals surface area contributed by atoms with Gasteiger partial charge in [0.1, 0.15) is 6.54 Å². The standard InChI is InChI=1S/C12H22N4O2/c1-5-18-7-6-15(4)11(17)8-16-10(3)12(13)9(2)14-16/h5-8,13H2,1-4H3. The number of carbonyl (C=O) groups is 1. The summed E-state index contributed by atoms with van der Waals surface area (Å²) in [6.07, 6.45) is 0. The molecule has 0 aliphatic carbocycles. The minimum atomic E-state index is 0.000281. The van der Waals surface area contributed by atoms with Gasteiger partial charge in [-0.25, -0.2) is 0 Å². The number of carbonyl (C=O) groups excluding carboxylic acids is 1. The summed E-state index contributed by atoms with van der Waals surface area (Å²) >= 11 is 0. The van der Waals surface area contributed by atoms with Gasteiger partial charge >= 0.3 is 0 Å². The summed E-state index contributed by atoms with van der Waals surface area (Å²) in [5.74, 6) is 0.000281. The number of hydrogen-bond acceptors (Lipinski definition) is 4. The maximum absolute atomic E-state index is 11.9. The summed E-state index contributed by atoms with van der Waals surface area (Å²) in [5.41, 5.74) is 8.07. The molecule has 6 heteroatoms. The van der Waals surface area contributed by atoms with Crippen LogP contribution in [0.25, 0.3) is 0 Å². The van der Waals surface area contributed by atoms with Crippen molar-refractivity contribution >= 4 is 11.6 Å². The van der Waals surface area contributed by atoms with Crippen LogP contribution in [0.2, 0.25) is 0 Å². The van der Waals surface area contributed by atoms with E-state index < -0.39 is 0 Å². The Morgan fingerprint density at radius 2 is 2.17 bits per heavy atom. The number of nitrogens with two attached hydrogens (primary N) is 1. The van der Waals surface area contributed by atoms with E-state index >= 15 is 0 Å². The lowest BCUT2D eigenvalue weighted by Crippen LogP contribution is -2.33. The number of ether oxygens (including phenoxy) is 1. The summed E-state index contributed by atoms with van der Waals surface area (Å²) in [7, 11) is 1.76. The number of hydrogen-bond donors (Lipinski definition) is 1. The van der Waals surface area contributed by atoms with Crippen molar-refractivity contribution < 1.29 is 9.53 Å². The van der Waals surface area contributed by atoms with Gasteiger partial charge in [0.2, 0.25) is 5.91 Å². The first kappa shape index (κ1) is 14.5. The molecule has 0 bridgehead atoms. The van der Waals surface area contributed by atoms with E-state index in [4.69, 9.17) is 10.5 Å². The Labute approximate surface area is 108 Å². The van der Waals surface area contributed by atoms with Crippen molar-refractivity contribution in [3.8, 4) is 0 Å². The van der Waals surface area contributed by atoms with Gasteiger partial charge in [0, 0.05) is 20.2 Å². The molecule has 0 radical (unpaired) electrons. The molecule has 2 N–H and O–H groups in total. The number of nitrogen functional groups attached to an aromatic ring is 1. The second-order valence-corrected chi connectivity index (χ2v) is 4.25. The molecule has 0 spiro atoms. The van der Waals surface area contributed by atoms with E-state index in [0.29, 0.717) is 25.4 Å². The number of likely N-dealkylation sites (N-methyl/N-ethyl adjacent to an activating group) is 1. The van der Waals surface area contributed by atoms with Crippen LogP contribution in [0, 0.1) is 13.8 Å². The van der Waals surface area contributed by atoms with Crippen molar-refractivity contribution in [2.75, 3.05) is 32.5 Å². The smallest absolute Gasteiger partial charge is 0.244 e. The quantitative estimate of drug-likeness (QED) is 0.754. The van der Waals surface area contributed by atoms with Crippen LogP contribution >= 0.6 is 0 Å². The molecule has 0 unspecified atom stereocenters. The Hall–Kier alpha value is -1.56. The highest BCUT2D eigenvalue weighted by Crippen LogP contribution is 2.14. The molecule has 0 aliphatic rings. The number of rotatable bonds is 6. The molecule has 18 heavy (non-hydrogen) atoms. The van der Waals surface area contributed by atoms with Gasteiger partial charge in [-0.15, -0.1) is 0 Å². The molecule has 1 rings (SSSR count). The van der Waals surface area contributed by atoms with Crippen LogP contribution in [0.4, 0.5) is 5.69 Å². The van der Waals surface area contributed by atoms with Crippen LogP contribution in [0.5, 0.6) is 0 Å². The molecule has 6 nitrogen and oxygen atoms in total. The SMILES string of the molecule is CCOCCN(C)C(=O)Cn1nc(C)c(N)c1C. The predicted molar refractivity (Wildman–Crippen MR) is 70.2 cm³/mol. The Bertz CT molecular complexity index is 414. The average molecular weight is 254 g/mol. The molecule has 0 saturated carbocycles. The number of nitrogens with zero attached hydrogens (tertiary/aromatic N) is 3. The summed E-state index contributed by atoms with van der Waals surface area (Å²) in [5, 5.41) is 4.24. The molecule has 0 fully saturated rings. The van der Waals surface area contributed by atoms with Crippen molar-refractivity contribution in [2.24, 2.45) is 0 Å². The van der Waals surface area contributed by atoms with Gasteiger partial charge in [0.15, 0.2) is 0 Å². The average Bonchev–Trinajstić information content (AvgIpc) is 2.57. The molecular weight excluding hydrogens is 232 g/mol. The van der Waals surface area contributed by atoms with E-state index in [0.717, 1.165) is 11.4 Å². The lowest BCUT2D eigenvalue weighted by Gasteiger charge is -2.17. The normalized spacial score (nSPS) is 10.7. The molecule has 0 saturated heterocycles. The van der Waals surface area contributed by atoms with Gasteiger partial charge in [0.05, 0.1) is 23.7 Å². The molecular formula is C12H22N4O2. The molecule has 1 aromatic rings. The lowest BCUT2D eigenvalue weighted by atomic mass is 10.3. The van der Waals surface area contributed by atoms with Crippen LogP contribution in [0.3, 0.4) is 0 Å². The Morgan fingerprint density at radius 3 is 2.67 bits per heavy atom. The molecule has 0 atom stereocenters. The Balaban J connectivity index is 2.56. The first-order valence-corrected chi connectivity index (χ1v) is 6.08. The summed E-state index contributed by atoms with van der Waals surface area (Å²) in [4.78, 5) is 13.6. The highest BCUT2D eigenvalue weighted by Gasteiger charge is 2.14. The summed E-state index contributed by atoms with van der Waals surface area (Å²) < 4.78 is 6.86. The molecule has 1 amide bonds. The van der Waals surface area contributed by atoms with Gasteiger partial charge < -0.3 is 15.4 Å². The van der Waals surface area contributed by atoms with Crippen LogP contribution in [-0.2, 0) is 16.1 Å². The van der Waals surface area contributed by atoms with Crippen LogP contribution in [-0.4, -0.2) is 47.4 Å². The third-order valence-electron chi connectivity index (χ3n) is 2.92. The van der Waals surface area contributed by atoms with E-state index in [1.54, 1.807) is 16.6 Å².